The van der Waals surface area contributed by atoms with Gasteiger partial charge in [-0.1, -0.05) is 13.0 Å². The number of piperidine rings is 1. The smallest absolute Gasteiger partial charge is 0.317 e. The van der Waals surface area contributed by atoms with E-state index in [9.17, 15) is 4.79 Å². The van der Waals surface area contributed by atoms with E-state index >= 15 is 0 Å². The van der Waals surface area contributed by atoms with Gasteiger partial charge in [0.15, 0.2) is 0 Å². The third-order valence-electron chi connectivity index (χ3n) is 3.94. The first-order valence-electron chi connectivity index (χ1n) is 7.41. The Balaban J connectivity index is 1.83. The normalized spacial score (nSPS) is 20.7. The Bertz CT molecular complexity index is 406. The molecule has 1 saturated heterocycles. The summed E-state index contributed by atoms with van der Waals surface area (Å²) in [5.41, 5.74) is 0. The lowest BCUT2D eigenvalue weighted by atomic mass is 10.00. The molecule has 112 valence electrons. The van der Waals surface area contributed by atoms with Gasteiger partial charge in [0.1, 0.15) is 0 Å². The number of thiophene rings is 1. The van der Waals surface area contributed by atoms with Gasteiger partial charge in [-0.15, -0.1) is 11.3 Å². The fourth-order valence-corrected chi connectivity index (χ4v) is 3.52. The molecule has 0 saturated carbocycles. The molecular weight excluding hydrogens is 272 g/mol. The van der Waals surface area contributed by atoms with Crippen LogP contribution in [0.2, 0.25) is 0 Å². The van der Waals surface area contributed by atoms with Crippen LogP contribution >= 0.6 is 11.3 Å². The molecule has 2 unspecified atom stereocenters. The molecule has 2 amide bonds. The molecule has 1 aromatic heterocycles. The van der Waals surface area contributed by atoms with Crippen LogP contribution in [0.25, 0.3) is 0 Å². The molecule has 0 spiro atoms. The zero-order chi connectivity index (χ0) is 14.4. The molecule has 2 rings (SSSR count). The standard InChI is InChI=1S/C15H24N2O2S/c1-12(14-6-4-10-20-14)11-16-15(19)17-8-3-2-5-13(17)7-9-18/h4,6,10,12-13,18H,2-3,5,7-9,11H2,1H3,(H,16,19). The second-order valence-corrected chi connectivity index (χ2v) is 6.44. The summed E-state index contributed by atoms with van der Waals surface area (Å²) in [6, 6.07) is 4.37. The molecule has 5 heteroatoms. The minimum absolute atomic E-state index is 0.0200. The maximum Gasteiger partial charge on any atom is 0.317 e. The van der Waals surface area contributed by atoms with Crippen molar-refractivity contribution < 1.29 is 9.90 Å². The highest BCUT2D eigenvalue weighted by Gasteiger charge is 2.26. The molecule has 1 aliphatic rings. The number of likely N-dealkylation sites (tertiary alicyclic amines) is 1. The Kier molecular flexibility index (Phi) is 5.86. The van der Waals surface area contributed by atoms with Crippen molar-refractivity contribution in [3.8, 4) is 0 Å². The third kappa shape index (κ3) is 3.96. The highest BCUT2D eigenvalue weighted by molar-refractivity contribution is 7.10. The van der Waals surface area contributed by atoms with Gasteiger partial charge in [0.25, 0.3) is 0 Å². The van der Waals surface area contributed by atoms with Gasteiger partial charge in [0.2, 0.25) is 0 Å². The second-order valence-electron chi connectivity index (χ2n) is 5.46. The van der Waals surface area contributed by atoms with E-state index in [1.807, 2.05) is 11.0 Å². The van der Waals surface area contributed by atoms with Crippen LogP contribution in [-0.4, -0.2) is 41.8 Å². The van der Waals surface area contributed by atoms with Crippen molar-refractivity contribution in [1.29, 1.82) is 0 Å². The highest BCUT2D eigenvalue weighted by Crippen LogP contribution is 2.21. The SMILES string of the molecule is CC(CNC(=O)N1CCCCC1CCO)c1cccs1. The molecule has 4 nitrogen and oxygen atoms in total. The molecule has 0 bridgehead atoms. The van der Waals surface area contributed by atoms with Crippen LogP contribution in [0, 0.1) is 0 Å². The van der Waals surface area contributed by atoms with E-state index < -0.39 is 0 Å². The number of hydrogen-bond acceptors (Lipinski definition) is 3. The number of hydrogen-bond donors (Lipinski definition) is 2. The first-order chi connectivity index (χ1) is 9.72. The van der Waals surface area contributed by atoms with Crippen LogP contribution in [-0.2, 0) is 0 Å². The molecule has 0 aliphatic carbocycles. The quantitative estimate of drug-likeness (QED) is 0.878. The number of carbonyl (C=O) groups excluding carboxylic acids is 1. The molecular formula is C15H24N2O2S. The lowest BCUT2D eigenvalue weighted by molar-refractivity contribution is 0.131. The van der Waals surface area contributed by atoms with Gasteiger partial charge in [-0.05, 0) is 37.1 Å². The van der Waals surface area contributed by atoms with E-state index in [0.29, 0.717) is 18.9 Å². The first-order valence-corrected chi connectivity index (χ1v) is 8.29. The second kappa shape index (κ2) is 7.64. The summed E-state index contributed by atoms with van der Waals surface area (Å²) in [6.45, 7) is 3.76. The van der Waals surface area contributed by atoms with Crippen molar-refractivity contribution in [3.05, 3.63) is 22.4 Å². The molecule has 0 aromatic carbocycles. The Morgan fingerprint density at radius 1 is 1.60 bits per heavy atom. The average molecular weight is 296 g/mol. The van der Waals surface area contributed by atoms with Crippen molar-refractivity contribution in [2.45, 2.75) is 44.6 Å². The first kappa shape index (κ1) is 15.3. The topological polar surface area (TPSA) is 52.6 Å². The number of aliphatic hydroxyl groups excluding tert-OH is 1. The van der Waals surface area contributed by atoms with E-state index in [1.165, 1.54) is 4.88 Å². The predicted octanol–water partition coefficient (Wildman–Crippen LogP) is 2.80. The fourth-order valence-electron chi connectivity index (χ4n) is 2.73. The number of urea groups is 1. The Morgan fingerprint density at radius 2 is 2.45 bits per heavy atom. The summed E-state index contributed by atoms with van der Waals surface area (Å²) in [7, 11) is 0. The molecule has 1 aromatic rings. The van der Waals surface area contributed by atoms with Gasteiger partial charge in [0.05, 0.1) is 0 Å². The van der Waals surface area contributed by atoms with Gasteiger partial charge in [-0.3, -0.25) is 0 Å². The van der Waals surface area contributed by atoms with Crippen molar-refractivity contribution in [3.63, 3.8) is 0 Å². The zero-order valence-corrected chi connectivity index (χ0v) is 12.9. The number of aliphatic hydroxyl groups is 1. The van der Waals surface area contributed by atoms with Gasteiger partial charge >= 0.3 is 6.03 Å². The van der Waals surface area contributed by atoms with Crippen LogP contribution in [0.3, 0.4) is 0 Å². The number of rotatable bonds is 5. The number of nitrogens with zero attached hydrogens (tertiary/aromatic N) is 1. The van der Waals surface area contributed by atoms with Crippen molar-refractivity contribution in [2.24, 2.45) is 0 Å². The number of carbonyl (C=O) groups is 1. The van der Waals surface area contributed by atoms with E-state index in [4.69, 9.17) is 5.11 Å². The van der Waals surface area contributed by atoms with E-state index in [-0.39, 0.29) is 18.7 Å². The van der Waals surface area contributed by atoms with Crippen molar-refractivity contribution >= 4 is 17.4 Å². The number of nitrogens with one attached hydrogen (secondary N) is 1. The van der Waals surface area contributed by atoms with Crippen LogP contribution in [0.1, 0.15) is 43.4 Å². The summed E-state index contributed by atoms with van der Waals surface area (Å²) in [4.78, 5) is 15.5. The maximum absolute atomic E-state index is 12.3. The van der Waals surface area contributed by atoms with Gasteiger partial charge in [-0.25, -0.2) is 4.79 Å². The lowest BCUT2D eigenvalue weighted by Gasteiger charge is -2.35. The van der Waals surface area contributed by atoms with Crippen LogP contribution in [0.5, 0.6) is 0 Å². The summed E-state index contributed by atoms with van der Waals surface area (Å²) < 4.78 is 0. The van der Waals surface area contributed by atoms with Crippen LogP contribution < -0.4 is 5.32 Å². The van der Waals surface area contributed by atoms with Gasteiger partial charge in [0, 0.05) is 36.5 Å². The largest absolute Gasteiger partial charge is 0.396 e. The summed E-state index contributed by atoms with van der Waals surface area (Å²) in [6.07, 6.45) is 3.91. The molecule has 0 radical (unpaired) electrons. The Morgan fingerprint density at radius 3 is 3.15 bits per heavy atom. The molecule has 1 aliphatic heterocycles. The molecule has 1 fully saturated rings. The van der Waals surface area contributed by atoms with E-state index in [2.05, 4.69) is 23.7 Å². The number of amides is 2. The fraction of sp³-hybridized carbons (Fsp3) is 0.667. The minimum atomic E-state index is 0.0200. The van der Waals surface area contributed by atoms with Crippen molar-refractivity contribution in [1.82, 2.24) is 10.2 Å². The summed E-state index contributed by atoms with van der Waals surface area (Å²) >= 11 is 1.73. The Labute approximate surface area is 124 Å². The summed E-state index contributed by atoms with van der Waals surface area (Å²) in [5, 5.41) is 14.2. The molecule has 2 N–H and O–H groups in total. The molecule has 20 heavy (non-hydrogen) atoms. The van der Waals surface area contributed by atoms with Gasteiger partial charge in [-0.2, -0.15) is 0 Å². The Hall–Kier alpha value is -1.07. The summed E-state index contributed by atoms with van der Waals surface area (Å²) in [5.74, 6) is 0.347. The van der Waals surface area contributed by atoms with Crippen molar-refractivity contribution in [2.75, 3.05) is 19.7 Å². The van der Waals surface area contributed by atoms with E-state index in [1.54, 1.807) is 11.3 Å². The van der Waals surface area contributed by atoms with Crippen LogP contribution in [0.15, 0.2) is 17.5 Å². The lowest BCUT2D eigenvalue weighted by Crippen LogP contribution is -2.49. The average Bonchev–Trinajstić information content (AvgIpc) is 2.99. The molecule has 2 heterocycles. The maximum atomic E-state index is 12.3. The van der Waals surface area contributed by atoms with Crippen LogP contribution in [0.4, 0.5) is 4.79 Å². The van der Waals surface area contributed by atoms with E-state index in [0.717, 1.165) is 25.8 Å². The highest BCUT2D eigenvalue weighted by atomic mass is 32.1. The zero-order valence-electron chi connectivity index (χ0n) is 12.0. The predicted molar refractivity (Wildman–Crippen MR) is 82.2 cm³/mol. The molecule has 2 atom stereocenters. The van der Waals surface area contributed by atoms with Gasteiger partial charge < -0.3 is 15.3 Å². The third-order valence-corrected chi connectivity index (χ3v) is 5.04. The minimum Gasteiger partial charge on any atom is -0.396 e. The monoisotopic (exact) mass is 296 g/mol.